The molecule has 1 saturated heterocycles. The number of nitrogens with one attached hydrogen (secondary N) is 1. The van der Waals surface area contributed by atoms with Gasteiger partial charge in [-0.25, -0.2) is 0 Å². The van der Waals surface area contributed by atoms with E-state index in [1.54, 1.807) is 0 Å². The van der Waals surface area contributed by atoms with Gasteiger partial charge >= 0.3 is 0 Å². The average Bonchev–Trinajstić information content (AvgIpc) is 2.40. The molecule has 1 fully saturated rings. The number of rotatable bonds is 5. The van der Waals surface area contributed by atoms with Gasteiger partial charge in [-0.05, 0) is 50.4 Å². The Morgan fingerprint density at radius 2 is 2.44 bits per heavy atom. The van der Waals surface area contributed by atoms with Crippen molar-refractivity contribution in [2.75, 3.05) is 19.8 Å². The molecule has 2 rings (SSSR count). The van der Waals surface area contributed by atoms with Gasteiger partial charge in [0.2, 0.25) is 0 Å². The van der Waals surface area contributed by atoms with Gasteiger partial charge in [0.1, 0.15) is 0 Å². The van der Waals surface area contributed by atoms with Crippen molar-refractivity contribution in [3.05, 3.63) is 29.6 Å². The van der Waals surface area contributed by atoms with Crippen molar-refractivity contribution in [2.24, 2.45) is 5.92 Å². The third-order valence-electron chi connectivity index (χ3n) is 3.54. The lowest BCUT2D eigenvalue weighted by Crippen LogP contribution is -2.34. The Hall–Kier alpha value is -0.930. The fraction of sp³-hybridized carbons (Fsp3) is 0.667. The Morgan fingerprint density at radius 3 is 3.11 bits per heavy atom. The summed E-state index contributed by atoms with van der Waals surface area (Å²) in [4.78, 5) is 4.55. The summed E-state index contributed by atoms with van der Waals surface area (Å²) in [6.07, 6.45) is 5.46. The number of ether oxygens (including phenoxy) is 1. The highest BCUT2D eigenvalue weighted by atomic mass is 16.5. The van der Waals surface area contributed by atoms with E-state index < -0.39 is 0 Å². The first-order chi connectivity index (χ1) is 8.81. The molecule has 0 aromatic carbocycles. The van der Waals surface area contributed by atoms with Crippen LogP contribution in [0.4, 0.5) is 0 Å². The van der Waals surface area contributed by atoms with Crippen LogP contribution in [0.1, 0.15) is 43.5 Å². The molecule has 3 heteroatoms. The standard InChI is InChI=1S/C15H24N2O/c1-3-7-17-15(13-5-4-9-18-11-13)14-10-12(2)6-8-16-14/h6,8,10,13,15,17H,3-5,7,9,11H2,1-2H3. The van der Waals surface area contributed by atoms with E-state index in [2.05, 4.69) is 36.3 Å². The van der Waals surface area contributed by atoms with Crippen LogP contribution in [0, 0.1) is 12.8 Å². The highest BCUT2D eigenvalue weighted by Crippen LogP contribution is 2.28. The van der Waals surface area contributed by atoms with Crippen molar-refractivity contribution in [3.8, 4) is 0 Å². The summed E-state index contributed by atoms with van der Waals surface area (Å²) < 4.78 is 5.63. The van der Waals surface area contributed by atoms with Crippen LogP contribution in [-0.4, -0.2) is 24.7 Å². The largest absolute Gasteiger partial charge is 0.381 e. The molecule has 1 aliphatic rings. The van der Waals surface area contributed by atoms with Gasteiger partial charge in [0, 0.05) is 18.7 Å². The van der Waals surface area contributed by atoms with Gasteiger partial charge in [0.05, 0.1) is 18.3 Å². The average molecular weight is 248 g/mol. The number of aryl methyl sites for hydroxylation is 1. The minimum Gasteiger partial charge on any atom is -0.381 e. The molecule has 1 aliphatic heterocycles. The van der Waals surface area contributed by atoms with Gasteiger partial charge in [-0.2, -0.15) is 0 Å². The van der Waals surface area contributed by atoms with E-state index in [1.807, 2.05) is 6.20 Å². The molecule has 1 aromatic rings. The normalized spacial score (nSPS) is 21.8. The summed E-state index contributed by atoms with van der Waals surface area (Å²) in [7, 11) is 0. The van der Waals surface area contributed by atoms with E-state index in [0.29, 0.717) is 12.0 Å². The topological polar surface area (TPSA) is 34.2 Å². The van der Waals surface area contributed by atoms with Crippen LogP contribution in [0.3, 0.4) is 0 Å². The fourth-order valence-corrected chi connectivity index (χ4v) is 2.57. The lowest BCUT2D eigenvalue weighted by atomic mass is 9.90. The maximum atomic E-state index is 5.63. The zero-order chi connectivity index (χ0) is 12.8. The van der Waals surface area contributed by atoms with Crippen molar-refractivity contribution < 1.29 is 4.74 Å². The summed E-state index contributed by atoms with van der Waals surface area (Å²) in [6, 6.07) is 4.59. The van der Waals surface area contributed by atoms with E-state index in [9.17, 15) is 0 Å². The lowest BCUT2D eigenvalue weighted by Gasteiger charge is -2.30. The van der Waals surface area contributed by atoms with Crippen molar-refractivity contribution in [1.29, 1.82) is 0 Å². The number of hydrogen-bond donors (Lipinski definition) is 1. The van der Waals surface area contributed by atoms with Crippen LogP contribution < -0.4 is 5.32 Å². The second-order valence-corrected chi connectivity index (χ2v) is 5.17. The zero-order valence-corrected chi connectivity index (χ0v) is 11.5. The predicted octanol–water partition coefficient (Wildman–Crippen LogP) is 2.86. The Labute approximate surface area is 110 Å². The predicted molar refractivity (Wildman–Crippen MR) is 73.6 cm³/mol. The molecule has 2 heterocycles. The van der Waals surface area contributed by atoms with Crippen molar-refractivity contribution >= 4 is 0 Å². The minimum absolute atomic E-state index is 0.338. The second kappa shape index (κ2) is 6.86. The third kappa shape index (κ3) is 3.53. The van der Waals surface area contributed by atoms with Gasteiger partial charge < -0.3 is 10.1 Å². The van der Waals surface area contributed by atoms with Gasteiger partial charge in [-0.15, -0.1) is 0 Å². The molecular weight excluding hydrogens is 224 g/mol. The molecule has 0 bridgehead atoms. The molecule has 2 atom stereocenters. The summed E-state index contributed by atoms with van der Waals surface area (Å²) >= 11 is 0. The highest BCUT2D eigenvalue weighted by molar-refractivity contribution is 5.18. The molecule has 0 aliphatic carbocycles. The molecule has 2 unspecified atom stereocenters. The minimum atomic E-state index is 0.338. The van der Waals surface area contributed by atoms with Crippen LogP contribution in [0.15, 0.2) is 18.3 Å². The fourth-order valence-electron chi connectivity index (χ4n) is 2.57. The van der Waals surface area contributed by atoms with Crippen LogP contribution in [0.25, 0.3) is 0 Å². The first-order valence-corrected chi connectivity index (χ1v) is 7.05. The van der Waals surface area contributed by atoms with Crippen LogP contribution in [0.2, 0.25) is 0 Å². The summed E-state index contributed by atoms with van der Waals surface area (Å²) in [5.41, 5.74) is 2.44. The van der Waals surface area contributed by atoms with Crippen molar-refractivity contribution in [1.82, 2.24) is 10.3 Å². The highest BCUT2D eigenvalue weighted by Gasteiger charge is 2.26. The van der Waals surface area contributed by atoms with Gasteiger partial charge in [-0.1, -0.05) is 6.92 Å². The van der Waals surface area contributed by atoms with Gasteiger partial charge in [-0.3, -0.25) is 4.98 Å². The molecule has 0 radical (unpaired) electrons. The van der Waals surface area contributed by atoms with E-state index >= 15 is 0 Å². The maximum Gasteiger partial charge on any atom is 0.0579 e. The molecular formula is C15H24N2O. The third-order valence-corrected chi connectivity index (χ3v) is 3.54. The molecule has 3 nitrogen and oxygen atoms in total. The zero-order valence-electron chi connectivity index (χ0n) is 11.5. The maximum absolute atomic E-state index is 5.63. The molecule has 100 valence electrons. The van der Waals surface area contributed by atoms with E-state index in [4.69, 9.17) is 4.74 Å². The van der Waals surface area contributed by atoms with Gasteiger partial charge in [0.25, 0.3) is 0 Å². The summed E-state index contributed by atoms with van der Waals surface area (Å²) in [5.74, 6) is 0.555. The first kappa shape index (κ1) is 13.5. The Bertz CT molecular complexity index is 361. The molecule has 0 amide bonds. The Balaban J connectivity index is 2.12. The van der Waals surface area contributed by atoms with Crippen molar-refractivity contribution in [2.45, 2.75) is 39.2 Å². The van der Waals surface area contributed by atoms with Gasteiger partial charge in [0.15, 0.2) is 0 Å². The van der Waals surface area contributed by atoms with Crippen LogP contribution in [0.5, 0.6) is 0 Å². The lowest BCUT2D eigenvalue weighted by molar-refractivity contribution is 0.0384. The smallest absolute Gasteiger partial charge is 0.0579 e. The first-order valence-electron chi connectivity index (χ1n) is 7.05. The molecule has 0 spiro atoms. The SMILES string of the molecule is CCCNC(c1cc(C)ccn1)C1CCCOC1. The molecule has 0 saturated carbocycles. The van der Waals surface area contributed by atoms with Crippen LogP contribution in [-0.2, 0) is 4.74 Å². The monoisotopic (exact) mass is 248 g/mol. The second-order valence-electron chi connectivity index (χ2n) is 5.17. The van der Waals surface area contributed by atoms with Crippen molar-refractivity contribution in [3.63, 3.8) is 0 Å². The summed E-state index contributed by atoms with van der Waals surface area (Å²) in [6.45, 7) is 7.14. The quantitative estimate of drug-likeness (QED) is 0.870. The number of hydrogen-bond acceptors (Lipinski definition) is 3. The van der Waals surface area contributed by atoms with E-state index in [0.717, 1.165) is 26.2 Å². The number of nitrogens with zero attached hydrogens (tertiary/aromatic N) is 1. The molecule has 18 heavy (non-hydrogen) atoms. The number of pyridine rings is 1. The van der Waals surface area contributed by atoms with E-state index in [-0.39, 0.29) is 0 Å². The Morgan fingerprint density at radius 1 is 1.56 bits per heavy atom. The van der Waals surface area contributed by atoms with E-state index in [1.165, 1.54) is 24.1 Å². The van der Waals surface area contributed by atoms with Crippen LogP contribution >= 0.6 is 0 Å². The number of aromatic nitrogens is 1. The summed E-state index contributed by atoms with van der Waals surface area (Å²) in [5, 5.41) is 3.64. The Kier molecular flexibility index (Phi) is 5.14. The molecule has 1 N–H and O–H groups in total. The molecule has 1 aromatic heterocycles.